The molecule has 126 valence electrons. The van der Waals surface area contributed by atoms with E-state index < -0.39 is 11.7 Å². The Labute approximate surface area is 138 Å². The largest absolute Gasteiger partial charge is 0.416 e. The summed E-state index contributed by atoms with van der Waals surface area (Å²) in [6.45, 7) is -0.110. The SMILES string of the molecule is O=C(CC1CC1)NCc1cc(-c2ccccc2)ccc1C(F)(F)F. The van der Waals surface area contributed by atoms with Gasteiger partial charge in [-0.2, -0.15) is 13.2 Å². The lowest BCUT2D eigenvalue weighted by molar-refractivity contribution is -0.138. The molecule has 2 aromatic carbocycles. The number of halogens is 3. The van der Waals surface area contributed by atoms with Crippen molar-refractivity contribution in [2.24, 2.45) is 5.92 Å². The first-order valence-corrected chi connectivity index (χ1v) is 7.96. The summed E-state index contributed by atoms with van der Waals surface area (Å²) in [5.74, 6) is 0.221. The summed E-state index contributed by atoms with van der Waals surface area (Å²) in [5.41, 5.74) is 0.939. The third-order valence-corrected chi connectivity index (χ3v) is 4.16. The minimum atomic E-state index is -4.44. The first-order chi connectivity index (χ1) is 11.4. The Balaban J connectivity index is 1.83. The van der Waals surface area contributed by atoms with E-state index in [0.29, 0.717) is 17.9 Å². The van der Waals surface area contributed by atoms with E-state index in [-0.39, 0.29) is 18.0 Å². The fourth-order valence-corrected chi connectivity index (χ4v) is 2.68. The van der Waals surface area contributed by atoms with Gasteiger partial charge >= 0.3 is 6.18 Å². The van der Waals surface area contributed by atoms with E-state index in [1.165, 1.54) is 12.1 Å². The van der Waals surface area contributed by atoms with Crippen LogP contribution in [0.15, 0.2) is 48.5 Å². The Bertz CT molecular complexity index is 721. The van der Waals surface area contributed by atoms with Gasteiger partial charge in [-0.05, 0) is 47.6 Å². The molecule has 1 fully saturated rings. The highest BCUT2D eigenvalue weighted by Gasteiger charge is 2.33. The molecule has 1 amide bonds. The highest BCUT2D eigenvalue weighted by molar-refractivity contribution is 5.76. The second-order valence-electron chi connectivity index (χ2n) is 6.16. The molecule has 1 saturated carbocycles. The maximum absolute atomic E-state index is 13.2. The monoisotopic (exact) mass is 333 g/mol. The van der Waals surface area contributed by atoms with Crippen LogP contribution in [0.5, 0.6) is 0 Å². The van der Waals surface area contributed by atoms with Crippen LogP contribution in [0.4, 0.5) is 13.2 Å². The number of carbonyl (C=O) groups excluding carboxylic acids is 1. The van der Waals surface area contributed by atoms with Crippen molar-refractivity contribution in [3.05, 3.63) is 59.7 Å². The Morgan fingerprint density at radius 2 is 1.75 bits per heavy atom. The Kier molecular flexibility index (Phi) is 4.60. The Hall–Kier alpha value is -2.30. The predicted octanol–water partition coefficient (Wildman–Crippen LogP) is 4.79. The number of nitrogens with one attached hydrogen (secondary N) is 1. The van der Waals surface area contributed by atoms with Gasteiger partial charge < -0.3 is 5.32 Å². The van der Waals surface area contributed by atoms with Crippen LogP contribution in [0.25, 0.3) is 11.1 Å². The molecule has 0 radical (unpaired) electrons. The summed E-state index contributed by atoms with van der Waals surface area (Å²) in [6, 6.07) is 13.3. The molecule has 0 spiro atoms. The van der Waals surface area contributed by atoms with Crippen molar-refractivity contribution in [3.8, 4) is 11.1 Å². The molecular formula is C19H18F3NO. The van der Waals surface area contributed by atoms with Gasteiger partial charge in [0.15, 0.2) is 0 Å². The van der Waals surface area contributed by atoms with Crippen molar-refractivity contribution in [1.29, 1.82) is 0 Å². The second kappa shape index (κ2) is 6.67. The van der Waals surface area contributed by atoms with E-state index in [2.05, 4.69) is 5.32 Å². The molecule has 2 nitrogen and oxygen atoms in total. The molecular weight excluding hydrogens is 315 g/mol. The molecule has 0 heterocycles. The summed E-state index contributed by atoms with van der Waals surface area (Å²) < 4.78 is 39.6. The Morgan fingerprint density at radius 3 is 2.38 bits per heavy atom. The molecule has 0 saturated heterocycles. The number of alkyl halides is 3. The molecule has 3 rings (SSSR count). The maximum atomic E-state index is 13.2. The van der Waals surface area contributed by atoms with E-state index in [1.807, 2.05) is 30.3 Å². The zero-order valence-corrected chi connectivity index (χ0v) is 13.1. The van der Waals surface area contributed by atoms with Gasteiger partial charge in [-0.1, -0.05) is 36.4 Å². The van der Waals surface area contributed by atoms with Crippen LogP contribution in [0.3, 0.4) is 0 Å². The average Bonchev–Trinajstić information content (AvgIpc) is 3.36. The highest BCUT2D eigenvalue weighted by atomic mass is 19.4. The van der Waals surface area contributed by atoms with Crippen LogP contribution >= 0.6 is 0 Å². The maximum Gasteiger partial charge on any atom is 0.416 e. The number of hydrogen-bond donors (Lipinski definition) is 1. The minimum Gasteiger partial charge on any atom is -0.352 e. The molecule has 0 aliphatic heterocycles. The normalized spacial score (nSPS) is 14.5. The topological polar surface area (TPSA) is 29.1 Å². The lowest BCUT2D eigenvalue weighted by atomic mass is 9.98. The van der Waals surface area contributed by atoms with Crippen molar-refractivity contribution in [2.45, 2.75) is 32.0 Å². The number of amides is 1. The summed E-state index contributed by atoms with van der Waals surface area (Å²) in [7, 11) is 0. The van der Waals surface area contributed by atoms with E-state index in [0.717, 1.165) is 24.5 Å². The number of benzene rings is 2. The van der Waals surface area contributed by atoms with Gasteiger partial charge in [0.05, 0.1) is 5.56 Å². The van der Waals surface area contributed by atoms with E-state index in [9.17, 15) is 18.0 Å². The van der Waals surface area contributed by atoms with Crippen LogP contribution in [-0.4, -0.2) is 5.91 Å². The molecule has 1 aliphatic carbocycles. The van der Waals surface area contributed by atoms with Crippen molar-refractivity contribution >= 4 is 5.91 Å². The summed E-state index contributed by atoms with van der Waals surface area (Å²) in [5, 5.41) is 2.62. The lowest BCUT2D eigenvalue weighted by Crippen LogP contribution is -2.24. The average molecular weight is 333 g/mol. The van der Waals surface area contributed by atoms with Crippen molar-refractivity contribution in [1.82, 2.24) is 5.32 Å². The second-order valence-corrected chi connectivity index (χ2v) is 6.16. The predicted molar refractivity (Wildman–Crippen MR) is 86.1 cm³/mol. The molecule has 2 aromatic rings. The van der Waals surface area contributed by atoms with Gasteiger partial charge in [-0.15, -0.1) is 0 Å². The van der Waals surface area contributed by atoms with E-state index in [1.54, 1.807) is 0 Å². The number of carbonyl (C=O) groups is 1. The lowest BCUT2D eigenvalue weighted by Gasteiger charge is -2.15. The van der Waals surface area contributed by atoms with Gasteiger partial charge in [0.2, 0.25) is 5.91 Å². The first-order valence-electron chi connectivity index (χ1n) is 7.96. The van der Waals surface area contributed by atoms with Crippen LogP contribution in [0.1, 0.15) is 30.4 Å². The molecule has 0 unspecified atom stereocenters. The zero-order valence-electron chi connectivity index (χ0n) is 13.1. The van der Waals surface area contributed by atoms with Crippen LogP contribution < -0.4 is 5.32 Å². The molecule has 5 heteroatoms. The standard InChI is InChI=1S/C19H18F3NO/c20-19(21,22)17-9-8-15(14-4-2-1-3-5-14)11-16(17)12-23-18(24)10-13-6-7-13/h1-5,8-9,11,13H,6-7,10,12H2,(H,23,24). The third kappa shape index (κ3) is 4.16. The summed E-state index contributed by atoms with van der Waals surface area (Å²) >= 11 is 0. The fraction of sp³-hybridized carbons (Fsp3) is 0.316. The molecule has 0 aromatic heterocycles. The zero-order chi connectivity index (χ0) is 17.2. The molecule has 1 aliphatic rings. The van der Waals surface area contributed by atoms with Crippen molar-refractivity contribution in [3.63, 3.8) is 0 Å². The van der Waals surface area contributed by atoms with E-state index >= 15 is 0 Å². The summed E-state index contributed by atoms with van der Waals surface area (Å²) in [6.07, 6.45) is -1.97. The van der Waals surface area contributed by atoms with Gasteiger partial charge in [0.1, 0.15) is 0 Å². The van der Waals surface area contributed by atoms with Gasteiger partial charge in [0.25, 0.3) is 0 Å². The van der Waals surface area contributed by atoms with Crippen LogP contribution in [0.2, 0.25) is 0 Å². The minimum absolute atomic E-state index is 0.0907. The first kappa shape index (κ1) is 16.6. The molecule has 0 bridgehead atoms. The summed E-state index contributed by atoms with van der Waals surface area (Å²) in [4.78, 5) is 11.8. The van der Waals surface area contributed by atoms with Crippen molar-refractivity contribution in [2.75, 3.05) is 0 Å². The fourth-order valence-electron chi connectivity index (χ4n) is 2.68. The van der Waals surface area contributed by atoms with Gasteiger partial charge in [-0.3, -0.25) is 4.79 Å². The Morgan fingerprint density at radius 1 is 1.04 bits per heavy atom. The van der Waals surface area contributed by atoms with Gasteiger partial charge in [0, 0.05) is 13.0 Å². The highest BCUT2D eigenvalue weighted by Crippen LogP contribution is 2.35. The molecule has 0 atom stereocenters. The smallest absolute Gasteiger partial charge is 0.352 e. The van der Waals surface area contributed by atoms with Crippen LogP contribution in [0, 0.1) is 5.92 Å². The van der Waals surface area contributed by atoms with Gasteiger partial charge in [-0.25, -0.2) is 0 Å². The molecule has 24 heavy (non-hydrogen) atoms. The number of hydrogen-bond acceptors (Lipinski definition) is 1. The van der Waals surface area contributed by atoms with E-state index in [4.69, 9.17) is 0 Å². The molecule has 1 N–H and O–H groups in total. The third-order valence-electron chi connectivity index (χ3n) is 4.16. The van der Waals surface area contributed by atoms with Crippen LogP contribution in [-0.2, 0) is 17.5 Å². The van der Waals surface area contributed by atoms with Crippen molar-refractivity contribution < 1.29 is 18.0 Å². The number of rotatable bonds is 5. The quantitative estimate of drug-likeness (QED) is 0.837.